The summed E-state index contributed by atoms with van der Waals surface area (Å²) >= 11 is 0. The van der Waals surface area contributed by atoms with E-state index in [1.54, 1.807) is 14.2 Å². The van der Waals surface area contributed by atoms with E-state index in [0.717, 1.165) is 37.9 Å². The first-order chi connectivity index (χ1) is 16.4. The number of amidine groups is 1. The largest absolute Gasteiger partial charge is 0.493 e. The zero-order valence-electron chi connectivity index (χ0n) is 20.6. The topological polar surface area (TPSA) is 120 Å². The number of piperidine rings is 1. The minimum atomic E-state index is -0.171. The number of ether oxygens (including phenoxy) is 3. The van der Waals surface area contributed by atoms with Gasteiger partial charge in [-0.15, -0.1) is 0 Å². The highest BCUT2D eigenvalue weighted by Crippen LogP contribution is 2.54. The number of methoxy groups -OCH3 is 2. The second-order valence-corrected chi connectivity index (χ2v) is 9.17. The molecule has 0 saturated carbocycles. The molecule has 1 spiro atoms. The van der Waals surface area contributed by atoms with Crippen molar-refractivity contribution in [3.8, 4) is 11.5 Å². The number of nitrogens with one attached hydrogen (secondary N) is 2. The van der Waals surface area contributed by atoms with Crippen molar-refractivity contribution in [3.05, 3.63) is 59.7 Å². The first kappa shape index (κ1) is 25.6. The monoisotopic (exact) mass is 467 g/mol. The Kier molecular flexibility index (Phi) is 8.28. The van der Waals surface area contributed by atoms with Crippen LogP contribution in [0, 0.1) is 11.1 Å². The number of likely N-dealkylation sites (tertiary alicyclic amines) is 1. The van der Waals surface area contributed by atoms with Gasteiger partial charge in [-0.05, 0) is 44.7 Å². The van der Waals surface area contributed by atoms with Gasteiger partial charge in [-0.3, -0.25) is 9.89 Å². The van der Waals surface area contributed by atoms with E-state index in [4.69, 9.17) is 36.0 Å². The van der Waals surface area contributed by atoms with Crippen LogP contribution in [0.25, 0.3) is 0 Å². The van der Waals surface area contributed by atoms with E-state index in [9.17, 15) is 0 Å². The van der Waals surface area contributed by atoms with E-state index in [1.807, 2.05) is 18.2 Å². The van der Waals surface area contributed by atoms with Gasteiger partial charge in [0.2, 0.25) is 0 Å². The molecule has 2 heterocycles. The van der Waals surface area contributed by atoms with Crippen LogP contribution >= 0.6 is 0 Å². The molecule has 2 aliphatic heterocycles. The maximum Gasteiger partial charge on any atom is 0.165 e. The van der Waals surface area contributed by atoms with Gasteiger partial charge < -0.3 is 19.9 Å². The van der Waals surface area contributed by atoms with Crippen LogP contribution in [-0.4, -0.2) is 55.8 Å². The third-order valence-electron chi connectivity index (χ3n) is 7.02. The Hall–Kier alpha value is -2.97. The van der Waals surface area contributed by atoms with Gasteiger partial charge in [0.1, 0.15) is 5.84 Å². The van der Waals surface area contributed by atoms with E-state index in [1.165, 1.54) is 5.56 Å². The van der Waals surface area contributed by atoms with E-state index in [-0.39, 0.29) is 17.2 Å². The molecule has 4 rings (SSSR count). The fourth-order valence-electron chi connectivity index (χ4n) is 5.03. The molecular weight excluding hydrogens is 430 g/mol. The Balaban J connectivity index is 0.00000158. The van der Waals surface area contributed by atoms with Gasteiger partial charge in [0, 0.05) is 25.2 Å². The molecule has 0 amide bonds. The Morgan fingerprint density at radius 3 is 2.26 bits per heavy atom. The highest BCUT2D eigenvalue weighted by atomic mass is 16.6. The Labute approximate surface area is 202 Å². The standard InChI is InChI=1S/C26H35N3O3.H2N2/c1-25(2)26(32-25)14-17-29(18-15-26)22(20-11-8-12-21(30-3)23(20)31-4)24(27)28-16-13-19-9-6-5-7-10-19;1-2/h5-12,22H,13-18H2,1-4H3,(H2,27,28);1-2H. The normalized spacial score (nSPS) is 19.6. The van der Waals surface area contributed by atoms with Crippen LogP contribution in [0.5, 0.6) is 11.5 Å². The van der Waals surface area contributed by atoms with E-state index < -0.39 is 0 Å². The number of nitrogens with two attached hydrogens (primary N) is 1. The predicted molar refractivity (Wildman–Crippen MR) is 133 cm³/mol. The summed E-state index contributed by atoms with van der Waals surface area (Å²) < 4.78 is 17.4. The number of hydrogen-bond acceptors (Lipinski definition) is 7. The highest BCUT2D eigenvalue weighted by molar-refractivity contribution is 5.88. The fourth-order valence-corrected chi connectivity index (χ4v) is 5.03. The number of hydrogen-bond donors (Lipinski definition) is 3. The third kappa shape index (κ3) is 5.23. The van der Waals surface area contributed by atoms with Crippen LogP contribution in [0.3, 0.4) is 0 Å². The SMILES string of the molecule is COc1cccc(C(C(N)=NCCc2ccccc2)N2CCC3(CC2)OC3(C)C)c1OC.N=N. The van der Waals surface area contributed by atoms with Crippen LogP contribution in [0.2, 0.25) is 0 Å². The summed E-state index contributed by atoms with van der Waals surface area (Å²) in [5.41, 5.74) is 18.9. The van der Waals surface area contributed by atoms with Gasteiger partial charge in [0.05, 0.1) is 31.5 Å². The van der Waals surface area contributed by atoms with Crippen molar-refractivity contribution in [3.63, 3.8) is 0 Å². The average molecular weight is 468 g/mol. The lowest BCUT2D eigenvalue weighted by Gasteiger charge is -2.38. The number of aliphatic imine (C=N–C) groups is 1. The number of nitrogens with zero attached hydrogens (tertiary/aromatic N) is 2. The predicted octanol–water partition coefficient (Wildman–Crippen LogP) is 4.58. The second-order valence-electron chi connectivity index (χ2n) is 9.17. The molecule has 0 bridgehead atoms. The second kappa shape index (κ2) is 11.0. The summed E-state index contributed by atoms with van der Waals surface area (Å²) in [5, 5.41) is 0. The first-order valence-electron chi connectivity index (χ1n) is 11.6. The summed E-state index contributed by atoms with van der Waals surface area (Å²) in [7, 11) is 3.33. The molecule has 2 saturated heterocycles. The molecule has 0 aromatic heterocycles. The van der Waals surface area contributed by atoms with Gasteiger partial charge >= 0.3 is 0 Å². The molecule has 1 unspecified atom stereocenters. The van der Waals surface area contributed by atoms with Crippen molar-refractivity contribution in [1.29, 1.82) is 11.1 Å². The Morgan fingerprint density at radius 1 is 1.06 bits per heavy atom. The summed E-state index contributed by atoms with van der Waals surface area (Å²) in [6, 6.07) is 16.2. The van der Waals surface area contributed by atoms with E-state index in [0.29, 0.717) is 23.9 Å². The maximum atomic E-state index is 6.68. The molecule has 2 aliphatic rings. The minimum Gasteiger partial charge on any atom is -0.493 e. The van der Waals surface area contributed by atoms with Crippen molar-refractivity contribution in [2.45, 2.75) is 50.4 Å². The lowest BCUT2D eigenvalue weighted by atomic mass is 9.85. The minimum absolute atomic E-state index is 0.00568. The molecule has 1 atom stereocenters. The van der Waals surface area contributed by atoms with Gasteiger partial charge in [0.15, 0.2) is 11.5 Å². The van der Waals surface area contributed by atoms with E-state index >= 15 is 0 Å². The van der Waals surface area contributed by atoms with Gasteiger partial charge in [-0.25, -0.2) is 11.1 Å². The van der Waals surface area contributed by atoms with Crippen LogP contribution in [-0.2, 0) is 11.2 Å². The van der Waals surface area contributed by atoms with Crippen LogP contribution in [0.15, 0.2) is 53.5 Å². The molecule has 2 aromatic carbocycles. The van der Waals surface area contributed by atoms with Crippen molar-refractivity contribution < 1.29 is 14.2 Å². The fraction of sp³-hybridized carbons (Fsp3) is 0.500. The average Bonchev–Trinajstić information content (AvgIpc) is 3.40. The summed E-state index contributed by atoms with van der Waals surface area (Å²) in [6.45, 7) is 6.80. The highest BCUT2D eigenvalue weighted by Gasteiger charge is 2.64. The summed E-state index contributed by atoms with van der Waals surface area (Å²) in [4.78, 5) is 7.21. The van der Waals surface area contributed by atoms with Crippen LogP contribution in [0.4, 0.5) is 0 Å². The number of rotatable bonds is 8. The number of epoxide rings is 1. The van der Waals surface area contributed by atoms with Gasteiger partial charge in [-0.2, -0.15) is 0 Å². The third-order valence-corrected chi connectivity index (χ3v) is 7.02. The molecule has 8 nitrogen and oxygen atoms in total. The lowest BCUT2D eigenvalue weighted by Crippen LogP contribution is -2.46. The molecule has 8 heteroatoms. The molecule has 184 valence electrons. The van der Waals surface area contributed by atoms with Crippen molar-refractivity contribution in [2.75, 3.05) is 33.9 Å². The molecule has 4 N–H and O–H groups in total. The Morgan fingerprint density at radius 2 is 1.71 bits per heavy atom. The molecule has 0 radical (unpaired) electrons. The molecule has 0 aliphatic carbocycles. The maximum absolute atomic E-state index is 6.68. The van der Waals surface area contributed by atoms with Crippen molar-refractivity contribution >= 4 is 5.84 Å². The van der Waals surface area contributed by atoms with Gasteiger partial charge in [0.25, 0.3) is 0 Å². The van der Waals surface area contributed by atoms with E-state index in [2.05, 4.69) is 49.1 Å². The number of para-hydroxylation sites is 1. The first-order valence-corrected chi connectivity index (χ1v) is 11.6. The zero-order valence-corrected chi connectivity index (χ0v) is 20.6. The van der Waals surface area contributed by atoms with Crippen molar-refractivity contribution in [2.24, 2.45) is 10.7 Å². The summed E-state index contributed by atoms with van der Waals surface area (Å²) in [5.74, 6) is 2.02. The lowest BCUT2D eigenvalue weighted by molar-refractivity contribution is 0.129. The Bertz CT molecular complexity index is 972. The van der Waals surface area contributed by atoms with Crippen molar-refractivity contribution in [1.82, 2.24) is 4.90 Å². The smallest absolute Gasteiger partial charge is 0.165 e. The summed E-state index contributed by atoms with van der Waals surface area (Å²) in [6.07, 6.45) is 2.83. The molecular formula is C26H37N5O3. The van der Waals surface area contributed by atoms with Crippen LogP contribution in [0.1, 0.15) is 43.9 Å². The zero-order chi connectivity index (χ0) is 24.8. The molecule has 2 fully saturated rings. The molecule has 2 aromatic rings. The van der Waals surface area contributed by atoms with Gasteiger partial charge in [-0.1, -0.05) is 42.5 Å². The number of benzene rings is 2. The molecule has 34 heavy (non-hydrogen) atoms. The quantitative estimate of drug-likeness (QED) is 0.227. The van der Waals surface area contributed by atoms with Crippen LogP contribution < -0.4 is 15.2 Å².